The fraction of sp³-hybridized carbons (Fsp3) is 0.375. The standard InChI is InChI=1S/C16H20N4O4S/c1-18(2)15-6-5-13(12-17-15)25(22,23)20-9-7-19(8-10-20)16(21)14-4-3-11-24-14/h3-6,11-12H,7-10H2,1-2H3. The molecule has 1 amide bonds. The van der Waals surface area contributed by atoms with Gasteiger partial charge in [-0.15, -0.1) is 0 Å². The maximum atomic E-state index is 12.7. The third-order valence-corrected chi connectivity index (χ3v) is 5.96. The molecule has 0 aliphatic carbocycles. The molecule has 0 N–H and O–H groups in total. The van der Waals surface area contributed by atoms with E-state index in [2.05, 4.69) is 4.98 Å². The number of nitrogens with zero attached hydrogens (tertiary/aromatic N) is 4. The molecule has 3 rings (SSSR count). The van der Waals surface area contributed by atoms with Gasteiger partial charge in [-0.3, -0.25) is 4.79 Å². The first kappa shape index (κ1) is 17.4. The fourth-order valence-electron chi connectivity index (χ4n) is 2.63. The van der Waals surface area contributed by atoms with Gasteiger partial charge in [-0.25, -0.2) is 13.4 Å². The Labute approximate surface area is 146 Å². The predicted molar refractivity (Wildman–Crippen MR) is 91.9 cm³/mol. The number of hydrogen-bond acceptors (Lipinski definition) is 6. The third-order valence-electron chi connectivity index (χ3n) is 4.07. The van der Waals surface area contributed by atoms with Crippen LogP contribution in [-0.4, -0.2) is 68.8 Å². The minimum atomic E-state index is -3.62. The van der Waals surface area contributed by atoms with E-state index in [0.717, 1.165) is 0 Å². The fourth-order valence-corrected chi connectivity index (χ4v) is 3.99. The minimum Gasteiger partial charge on any atom is -0.459 e. The number of piperazine rings is 1. The first-order valence-electron chi connectivity index (χ1n) is 7.86. The molecular formula is C16H20N4O4S. The zero-order valence-corrected chi connectivity index (χ0v) is 14.9. The summed E-state index contributed by atoms with van der Waals surface area (Å²) in [7, 11) is 0.0616. The lowest BCUT2D eigenvalue weighted by Crippen LogP contribution is -2.50. The smallest absolute Gasteiger partial charge is 0.289 e. The van der Waals surface area contributed by atoms with Crippen molar-refractivity contribution >= 4 is 21.7 Å². The van der Waals surface area contributed by atoms with E-state index in [9.17, 15) is 13.2 Å². The van der Waals surface area contributed by atoms with Crippen molar-refractivity contribution in [3.8, 4) is 0 Å². The molecule has 1 fully saturated rings. The zero-order chi connectivity index (χ0) is 18.0. The van der Waals surface area contributed by atoms with Crippen LogP contribution < -0.4 is 4.90 Å². The van der Waals surface area contributed by atoms with Crippen LogP contribution >= 0.6 is 0 Å². The molecule has 134 valence electrons. The highest BCUT2D eigenvalue weighted by molar-refractivity contribution is 7.89. The molecule has 0 aromatic carbocycles. The number of carbonyl (C=O) groups excluding carboxylic acids is 1. The Hall–Kier alpha value is -2.39. The van der Waals surface area contributed by atoms with Crippen LogP contribution in [0.4, 0.5) is 5.82 Å². The number of anilines is 1. The van der Waals surface area contributed by atoms with Crippen LogP contribution in [0, 0.1) is 0 Å². The van der Waals surface area contributed by atoms with Crippen molar-refractivity contribution < 1.29 is 17.6 Å². The van der Waals surface area contributed by atoms with E-state index in [-0.39, 0.29) is 29.7 Å². The van der Waals surface area contributed by atoms with Crippen LogP contribution in [-0.2, 0) is 10.0 Å². The van der Waals surface area contributed by atoms with Gasteiger partial charge < -0.3 is 14.2 Å². The number of hydrogen-bond donors (Lipinski definition) is 0. The summed E-state index contributed by atoms with van der Waals surface area (Å²) in [6, 6.07) is 6.48. The van der Waals surface area contributed by atoms with E-state index in [4.69, 9.17) is 4.42 Å². The second-order valence-electron chi connectivity index (χ2n) is 5.92. The highest BCUT2D eigenvalue weighted by Gasteiger charge is 2.31. The van der Waals surface area contributed by atoms with Gasteiger partial charge in [-0.1, -0.05) is 0 Å². The van der Waals surface area contributed by atoms with Crippen LogP contribution in [0.5, 0.6) is 0 Å². The summed E-state index contributed by atoms with van der Waals surface area (Å²) in [6.07, 6.45) is 2.81. The van der Waals surface area contributed by atoms with Gasteiger partial charge >= 0.3 is 0 Å². The van der Waals surface area contributed by atoms with Gasteiger partial charge in [0.2, 0.25) is 10.0 Å². The second kappa shape index (κ2) is 6.85. The van der Waals surface area contributed by atoms with E-state index in [1.54, 1.807) is 34.1 Å². The summed E-state index contributed by atoms with van der Waals surface area (Å²) in [4.78, 5) is 20.0. The highest BCUT2D eigenvalue weighted by atomic mass is 32.2. The minimum absolute atomic E-state index is 0.156. The average Bonchev–Trinajstić information content (AvgIpc) is 3.16. The third kappa shape index (κ3) is 3.52. The van der Waals surface area contributed by atoms with Gasteiger partial charge in [-0.2, -0.15) is 4.31 Å². The summed E-state index contributed by atoms with van der Waals surface area (Å²) in [5.74, 6) is 0.728. The van der Waals surface area contributed by atoms with Crippen LogP contribution in [0.1, 0.15) is 10.6 Å². The maximum Gasteiger partial charge on any atom is 0.289 e. The Kier molecular flexibility index (Phi) is 4.78. The lowest BCUT2D eigenvalue weighted by molar-refractivity contribution is 0.0666. The molecule has 0 atom stereocenters. The van der Waals surface area contributed by atoms with Gasteiger partial charge in [0.05, 0.1) is 6.26 Å². The van der Waals surface area contributed by atoms with E-state index >= 15 is 0 Å². The largest absolute Gasteiger partial charge is 0.459 e. The quantitative estimate of drug-likeness (QED) is 0.801. The molecule has 2 aromatic rings. The molecule has 9 heteroatoms. The Morgan fingerprint density at radius 1 is 1.16 bits per heavy atom. The van der Waals surface area contributed by atoms with Gasteiger partial charge in [0.15, 0.2) is 5.76 Å². The Morgan fingerprint density at radius 3 is 2.40 bits per heavy atom. The lowest BCUT2D eigenvalue weighted by Gasteiger charge is -2.33. The summed E-state index contributed by atoms with van der Waals surface area (Å²) in [6.45, 7) is 1.12. The van der Waals surface area contributed by atoms with Crippen molar-refractivity contribution in [3.05, 3.63) is 42.5 Å². The van der Waals surface area contributed by atoms with Gasteiger partial charge in [-0.05, 0) is 24.3 Å². The summed E-state index contributed by atoms with van der Waals surface area (Å²) in [5.41, 5.74) is 0. The van der Waals surface area contributed by atoms with Crippen molar-refractivity contribution in [2.75, 3.05) is 45.2 Å². The number of rotatable bonds is 4. The average molecular weight is 364 g/mol. The van der Waals surface area contributed by atoms with Crippen molar-refractivity contribution in [1.29, 1.82) is 0 Å². The van der Waals surface area contributed by atoms with Crippen LogP contribution in [0.25, 0.3) is 0 Å². The Morgan fingerprint density at radius 2 is 1.88 bits per heavy atom. The molecule has 0 bridgehead atoms. The Bertz CT molecular complexity index is 824. The molecule has 0 unspecified atom stereocenters. The molecule has 8 nitrogen and oxygen atoms in total. The zero-order valence-electron chi connectivity index (χ0n) is 14.1. The van der Waals surface area contributed by atoms with E-state index in [1.807, 2.05) is 14.1 Å². The maximum absolute atomic E-state index is 12.7. The SMILES string of the molecule is CN(C)c1ccc(S(=O)(=O)N2CCN(C(=O)c3ccco3)CC2)cn1. The number of pyridine rings is 1. The molecule has 3 heterocycles. The Balaban J connectivity index is 1.68. The number of aromatic nitrogens is 1. The molecule has 25 heavy (non-hydrogen) atoms. The molecule has 1 saturated heterocycles. The summed E-state index contributed by atoms with van der Waals surface area (Å²) >= 11 is 0. The van der Waals surface area contributed by atoms with Crippen LogP contribution in [0.15, 0.2) is 46.0 Å². The summed E-state index contributed by atoms with van der Waals surface area (Å²) < 4.78 is 31.9. The number of carbonyl (C=O) groups is 1. The highest BCUT2D eigenvalue weighted by Crippen LogP contribution is 2.19. The molecule has 0 spiro atoms. The van der Waals surface area contributed by atoms with Gasteiger partial charge in [0.25, 0.3) is 5.91 Å². The van der Waals surface area contributed by atoms with E-state index in [0.29, 0.717) is 18.9 Å². The van der Waals surface area contributed by atoms with Crippen molar-refractivity contribution in [2.24, 2.45) is 0 Å². The molecular weight excluding hydrogens is 344 g/mol. The molecule has 1 aliphatic heterocycles. The molecule has 0 radical (unpaired) electrons. The monoisotopic (exact) mass is 364 g/mol. The van der Waals surface area contributed by atoms with E-state index in [1.165, 1.54) is 16.8 Å². The topological polar surface area (TPSA) is 87.0 Å². The molecule has 2 aromatic heterocycles. The van der Waals surface area contributed by atoms with Crippen LogP contribution in [0.3, 0.4) is 0 Å². The molecule has 1 aliphatic rings. The van der Waals surface area contributed by atoms with Gasteiger partial charge in [0.1, 0.15) is 10.7 Å². The van der Waals surface area contributed by atoms with Crippen LogP contribution in [0.2, 0.25) is 0 Å². The first-order valence-corrected chi connectivity index (χ1v) is 9.30. The second-order valence-corrected chi connectivity index (χ2v) is 7.86. The normalized spacial score (nSPS) is 16.0. The first-order chi connectivity index (χ1) is 11.9. The number of sulfonamides is 1. The van der Waals surface area contributed by atoms with Crippen molar-refractivity contribution in [3.63, 3.8) is 0 Å². The number of furan rings is 1. The predicted octanol–water partition coefficient (Wildman–Crippen LogP) is 0.887. The van der Waals surface area contributed by atoms with Gasteiger partial charge in [0, 0.05) is 46.5 Å². The van der Waals surface area contributed by atoms with Crippen molar-refractivity contribution in [2.45, 2.75) is 4.90 Å². The number of amides is 1. The van der Waals surface area contributed by atoms with Crippen molar-refractivity contribution in [1.82, 2.24) is 14.2 Å². The lowest BCUT2D eigenvalue weighted by atomic mass is 10.3. The molecule has 0 saturated carbocycles. The summed E-state index contributed by atoms with van der Waals surface area (Å²) in [5, 5.41) is 0. The van der Waals surface area contributed by atoms with E-state index < -0.39 is 10.0 Å².